The minimum atomic E-state index is 0.188. The smallest absolute Gasteiger partial charge is 0.122 e. The van der Waals surface area contributed by atoms with E-state index in [4.69, 9.17) is 9.47 Å². The van der Waals surface area contributed by atoms with Crippen molar-refractivity contribution in [2.24, 2.45) is 0 Å². The standard InChI is InChI=1S/C25H29NO2/c1-25(2,3)21-11-9-20(10-12-21)19-26-22-13-15-24(16-14-22)28-18-17-27-23-7-5-4-6-8-23/h4-16,26H,17-19H2,1-3H3. The largest absolute Gasteiger partial charge is 0.490 e. The molecule has 0 aliphatic heterocycles. The summed E-state index contributed by atoms with van der Waals surface area (Å²) < 4.78 is 11.4. The maximum absolute atomic E-state index is 5.74. The lowest BCUT2D eigenvalue weighted by Crippen LogP contribution is -2.11. The molecule has 0 radical (unpaired) electrons. The van der Waals surface area contributed by atoms with E-state index in [1.54, 1.807) is 0 Å². The van der Waals surface area contributed by atoms with Gasteiger partial charge in [0.2, 0.25) is 0 Å². The van der Waals surface area contributed by atoms with Gasteiger partial charge in [-0.1, -0.05) is 63.2 Å². The SMILES string of the molecule is CC(C)(C)c1ccc(CNc2ccc(OCCOc3ccccc3)cc2)cc1. The lowest BCUT2D eigenvalue weighted by Gasteiger charge is -2.19. The summed E-state index contributed by atoms with van der Waals surface area (Å²) in [7, 11) is 0. The van der Waals surface area contributed by atoms with Gasteiger partial charge >= 0.3 is 0 Å². The molecule has 0 fully saturated rings. The van der Waals surface area contributed by atoms with Crippen LogP contribution in [0.25, 0.3) is 0 Å². The summed E-state index contributed by atoms with van der Waals surface area (Å²) in [5, 5.41) is 3.45. The van der Waals surface area contributed by atoms with Gasteiger partial charge in [0.05, 0.1) is 0 Å². The van der Waals surface area contributed by atoms with Crippen LogP contribution in [0.5, 0.6) is 11.5 Å². The zero-order chi connectivity index (χ0) is 19.8. The Hall–Kier alpha value is -2.94. The van der Waals surface area contributed by atoms with Gasteiger partial charge in [0.1, 0.15) is 24.7 Å². The molecular weight excluding hydrogens is 346 g/mol. The molecule has 0 bridgehead atoms. The fourth-order valence-electron chi connectivity index (χ4n) is 2.83. The first-order valence-corrected chi connectivity index (χ1v) is 9.75. The summed E-state index contributed by atoms with van der Waals surface area (Å²) in [6.07, 6.45) is 0. The molecule has 0 aliphatic carbocycles. The molecule has 3 aromatic carbocycles. The van der Waals surface area contributed by atoms with Gasteiger partial charge in [-0.3, -0.25) is 0 Å². The topological polar surface area (TPSA) is 30.5 Å². The second-order valence-electron chi connectivity index (χ2n) is 7.83. The number of ether oxygens (including phenoxy) is 2. The Balaban J connectivity index is 1.41. The number of benzene rings is 3. The lowest BCUT2D eigenvalue weighted by molar-refractivity contribution is 0.217. The normalized spacial score (nSPS) is 11.1. The minimum absolute atomic E-state index is 0.188. The Morgan fingerprint density at radius 1 is 0.679 bits per heavy atom. The first kappa shape index (κ1) is 19.8. The van der Waals surface area contributed by atoms with Crippen LogP contribution in [-0.4, -0.2) is 13.2 Å². The Labute approximate surface area is 168 Å². The van der Waals surface area contributed by atoms with Crippen LogP contribution >= 0.6 is 0 Å². The van der Waals surface area contributed by atoms with Crippen LogP contribution in [-0.2, 0) is 12.0 Å². The van der Waals surface area contributed by atoms with Crippen LogP contribution in [0, 0.1) is 0 Å². The maximum atomic E-state index is 5.74. The molecule has 0 aliphatic rings. The van der Waals surface area contributed by atoms with E-state index < -0.39 is 0 Å². The van der Waals surface area contributed by atoms with Crippen molar-refractivity contribution in [1.82, 2.24) is 0 Å². The molecule has 0 heterocycles. The number of nitrogens with one attached hydrogen (secondary N) is 1. The molecule has 3 rings (SSSR count). The van der Waals surface area contributed by atoms with Crippen molar-refractivity contribution < 1.29 is 9.47 Å². The zero-order valence-electron chi connectivity index (χ0n) is 16.9. The van der Waals surface area contributed by atoms with Crippen LogP contribution in [0.1, 0.15) is 31.9 Å². The molecule has 1 N–H and O–H groups in total. The molecule has 28 heavy (non-hydrogen) atoms. The Bertz CT molecular complexity index is 834. The average molecular weight is 376 g/mol. The number of para-hydroxylation sites is 1. The number of hydrogen-bond donors (Lipinski definition) is 1. The molecule has 0 aromatic heterocycles. The molecule has 3 aromatic rings. The van der Waals surface area contributed by atoms with Gasteiger partial charge < -0.3 is 14.8 Å². The summed E-state index contributed by atoms with van der Waals surface area (Å²) >= 11 is 0. The van der Waals surface area contributed by atoms with Crippen LogP contribution in [0.2, 0.25) is 0 Å². The molecule has 0 saturated heterocycles. The van der Waals surface area contributed by atoms with Crippen molar-refractivity contribution in [2.75, 3.05) is 18.5 Å². The second-order valence-corrected chi connectivity index (χ2v) is 7.83. The Morgan fingerprint density at radius 3 is 1.82 bits per heavy atom. The van der Waals surface area contributed by atoms with E-state index in [9.17, 15) is 0 Å². The zero-order valence-corrected chi connectivity index (χ0v) is 16.9. The van der Waals surface area contributed by atoms with Crippen molar-refractivity contribution in [3.8, 4) is 11.5 Å². The highest BCUT2D eigenvalue weighted by molar-refractivity contribution is 5.47. The van der Waals surface area contributed by atoms with Gasteiger partial charge in [0, 0.05) is 12.2 Å². The van der Waals surface area contributed by atoms with E-state index in [-0.39, 0.29) is 5.41 Å². The van der Waals surface area contributed by atoms with E-state index >= 15 is 0 Å². The highest BCUT2D eigenvalue weighted by Crippen LogP contribution is 2.22. The molecule has 0 unspecified atom stereocenters. The monoisotopic (exact) mass is 375 g/mol. The second kappa shape index (κ2) is 9.32. The van der Waals surface area contributed by atoms with E-state index in [0.717, 1.165) is 23.7 Å². The summed E-state index contributed by atoms with van der Waals surface area (Å²) in [4.78, 5) is 0. The predicted octanol–water partition coefficient (Wildman–Crippen LogP) is 6.05. The van der Waals surface area contributed by atoms with Crippen molar-refractivity contribution >= 4 is 5.69 Å². The molecule has 3 heteroatoms. The molecule has 0 atom stereocenters. The predicted molar refractivity (Wildman–Crippen MR) is 116 cm³/mol. The highest BCUT2D eigenvalue weighted by Gasteiger charge is 2.12. The van der Waals surface area contributed by atoms with Gasteiger partial charge in [0.15, 0.2) is 0 Å². The van der Waals surface area contributed by atoms with E-state index in [1.807, 2.05) is 54.6 Å². The van der Waals surface area contributed by atoms with E-state index in [1.165, 1.54) is 11.1 Å². The number of hydrogen-bond acceptors (Lipinski definition) is 3. The third-order valence-corrected chi connectivity index (χ3v) is 4.53. The van der Waals surface area contributed by atoms with Gasteiger partial charge in [-0.2, -0.15) is 0 Å². The summed E-state index contributed by atoms with van der Waals surface area (Å²) in [6.45, 7) is 8.54. The Morgan fingerprint density at radius 2 is 1.25 bits per heavy atom. The van der Waals surface area contributed by atoms with Gasteiger partial charge in [-0.25, -0.2) is 0 Å². The minimum Gasteiger partial charge on any atom is -0.490 e. The van der Waals surface area contributed by atoms with Crippen LogP contribution < -0.4 is 14.8 Å². The molecular formula is C25H29NO2. The van der Waals surface area contributed by atoms with Crippen LogP contribution in [0.15, 0.2) is 78.9 Å². The van der Waals surface area contributed by atoms with Crippen molar-refractivity contribution in [3.63, 3.8) is 0 Å². The van der Waals surface area contributed by atoms with Crippen LogP contribution in [0.3, 0.4) is 0 Å². The fourth-order valence-corrected chi connectivity index (χ4v) is 2.83. The summed E-state index contributed by atoms with van der Waals surface area (Å²) in [6, 6.07) is 26.6. The number of anilines is 1. The van der Waals surface area contributed by atoms with Gasteiger partial charge in [-0.15, -0.1) is 0 Å². The highest BCUT2D eigenvalue weighted by atomic mass is 16.5. The molecule has 0 amide bonds. The maximum Gasteiger partial charge on any atom is 0.122 e. The Kier molecular flexibility index (Phi) is 6.59. The van der Waals surface area contributed by atoms with Crippen molar-refractivity contribution in [1.29, 1.82) is 0 Å². The van der Waals surface area contributed by atoms with Crippen LogP contribution in [0.4, 0.5) is 5.69 Å². The van der Waals surface area contributed by atoms with Gasteiger partial charge in [0.25, 0.3) is 0 Å². The number of rotatable bonds is 8. The third-order valence-electron chi connectivity index (χ3n) is 4.53. The first-order chi connectivity index (χ1) is 13.5. The summed E-state index contributed by atoms with van der Waals surface area (Å²) in [5.41, 5.74) is 3.89. The molecule has 146 valence electrons. The first-order valence-electron chi connectivity index (χ1n) is 9.75. The van der Waals surface area contributed by atoms with Crippen molar-refractivity contribution in [3.05, 3.63) is 90.0 Å². The lowest BCUT2D eigenvalue weighted by atomic mass is 9.87. The van der Waals surface area contributed by atoms with E-state index in [2.05, 4.69) is 50.4 Å². The molecule has 0 spiro atoms. The van der Waals surface area contributed by atoms with E-state index in [0.29, 0.717) is 13.2 Å². The molecule has 0 saturated carbocycles. The third kappa shape index (κ3) is 6.05. The quantitative estimate of drug-likeness (QED) is 0.486. The van der Waals surface area contributed by atoms with Crippen molar-refractivity contribution in [2.45, 2.75) is 32.7 Å². The fraction of sp³-hybridized carbons (Fsp3) is 0.280. The van der Waals surface area contributed by atoms with Gasteiger partial charge in [-0.05, 0) is 52.9 Å². The molecule has 3 nitrogen and oxygen atoms in total. The summed E-state index contributed by atoms with van der Waals surface area (Å²) in [5.74, 6) is 1.71. The average Bonchev–Trinajstić information content (AvgIpc) is 2.71.